The molecular formula is C15H24N4O3S. The van der Waals surface area contributed by atoms with Gasteiger partial charge in [0.15, 0.2) is 9.84 Å². The number of sulfone groups is 1. The molecule has 1 aromatic rings. The standard InChI is InChI=1S/C15H24N4O3S/c1-2-3-12-10-14(17-16-12)15(20)19-7-5-18(6-8-19)13-4-9-23(21,22)11-13/h10,13H,2-9,11H2,1H3,(H,16,17). The van der Waals surface area contributed by atoms with Gasteiger partial charge in [-0.3, -0.25) is 14.8 Å². The van der Waals surface area contributed by atoms with Gasteiger partial charge in [-0.2, -0.15) is 5.10 Å². The van der Waals surface area contributed by atoms with E-state index in [1.54, 1.807) is 0 Å². The SMILES string of the molecule is CCCc1cc(C(=O)N2CCN(C3CCS(=O)(=O)C3)CC2)n[nH]1. The number of hydrogen-bond donors (Lipinski definition) is 1. The molecule has 0 spiro atoms. The van der Waals surface area contributed by atoms with Crippen molar-refractivity contribution in [1.29, 1.82) is 0 Å². The summed E-state index contributed by atoms with van der Waals surface area (Å²) in [7, 11) is -2.86. The fourth-order valence-electron chi connectivity index (χ4n) is 3.38. The van der Waals surface area contributed by atoms with Crippen LogP contribution in [0.2, 0.25) is 0 Å². The Hall–Kier alpha value is -1.41. The van der Waals surface area contributed by atoms with Crippen molar-refractivity contribution < 1.29 is 13.2 Å². The topological polar surface area (TPSA) is 86.4 Å². The highest BCUT2D eigenvalue weighted by atomic mass is 32.2. The first-order valence-electron chi connectivity index (χ1n) is 8.26. The van der Waals surface area contributed by atoms with Gasteiger partial charge in [0.25, 0.3) is 5.91 Å². The summed E-state index contributed by atoms with van der Waals surface area (Å²) in [5.41, 5.74) is 1.47. The smallest absolute Gasteiger partial charge is 0.274 e. The van der Waals surface area contributed by atoms with Gasteiger partial charge in [-0.15, -0.1) is 0 Å². The summed E-state index contributed by atoms with van der Waals surface area (Å²) in [4.78, 5) is 16.5. The van der Waals surface area contributed by atoms with Crippen LogP contribution in [0.25, 0.3) is 0 Å². The fourth-order valence-corrected chi connectivity index (χ4v) is 5.15. The molecule has 23 heavy (non-hydrogen) atoms. The molecule has 1 amide bonds. The lowest BCUT2D eigenvalue weighted by atomic mass is 10.2. The molecule has 1 unspecified atom stereocenters. The molecule has 7 nitrogen and oxygen atoms in total. The molecule has 2 saturated heterocycles. The molecule has 3 rings (SSSR count). The van der Waals surface area contributed by atoms with Gasteiger partial charge in [0.2, 0.25) is 0 Å². The lowest BCUT2D eigenvalue weighted by molar-refractivity contribution is 0.0582. The molecule has 0 radical (unpaired) electrons. The number of H-pyrrole nitrogens is 1. The predicted molar refractivity (Wildman–Crippen MR) is 87.1 cm³/mol. The molecule has 2 fully saturated rings. The average molecular weight is 340 g/mol. The van der Waals surface area contributed by atoms with Crippen molar-refractivity contribution in [3.05, 3.63) is 17.5 Å². The van der Waals surface area contributed by atoms with E-state index in [9.17, 15) is 13.2 Å². The number of carbonyl (C=O) groups excluding carboxylic acids is 1. The van der Waals surface area contributed by atoms with E-state index in [4.69, 9.17) is 0 Å². The largest absolute Gasteiger partial charge is 0.335 e. The van der Waals surface area contributed by atoms with Crippen LogP contribution in [0.4, 0.5) is 0 Å². The number of aromatic amines is 1. The maximum atomic E-state index is 12.5. The summed E-state index contributed by atoms with van der Waals surface area (Å²) >= 11 is 0. The molecule has 2 aliphatic rings. The van der Waals surface area contributed by atoms with E-state index in [2.05, 4.69) is 22.0 Å². The van der Waals surface area contributed by atoms with E-state index in [0.29, 0.717) is 24.5 Å². The molecule has 0 aliphatic carbocycles. The molecule has 128 valence electrons. The average Bonchev–Trinajstić information content (AvgIpc) is 3.14. The van der Waals surface area contributed by atoms with Gasteiger partial charge in [0.05, 0.1) is 11.5 Å². The number of piperazine rings is 1. The van der Waals surface area contributed by atoms with Crippen LogP contribution in [0.5, 0.6) is 0 Å². The Morgan fingerprint density at radius 2 is 2.09 bits per heavy atom. The normalized spacial score (nSPS) is 24.9. The van der Waals surface area contributed by atoms with Crippen molar-refractivity contribution in [3.8, 4) is 0 Å². The monoisotopic (exact) mass is 340 g/mol. The highest BCUT2D eigenvalue weighted by Crippen LogP contribution is 2.19. The third-order valence-electron chi connectivity index (χ3n) is 4.70. The van der Waals surface area contributed by atoms with Gasteiger partial charge in [-0.05, 0) is 18.9 Å². The summed E-state index contributed by atoms with van der Waals surface area (Å²) in [6, 6.07) is 1.96. The minimum absolute atomic E-state index is 0.0395. The molecule has 8 heteroatoms. The molecule has 2 aliphatic heterocycles. The highest BCUT2D eigenvalue weighted by Gasteiger charge is 2.34. The number of rotatable bonds is 4. The number of nitrogens with zero attached hydrogens (tertiary/aromatic N) is 3. The fraction of sp³-hybridized carbons (Fsp3) is 0.733. The number of carbonyl (C=O) groups is 1. The molecule has 1 N–H and O–H groups in total. The lowest BCUT2D eigenvalue weighted by Gasteiger charge is -2.37. The summed E-state index contributed by atoms with van der Waals surface area (Å²) in [6.45, 7) is 4.82. The molecular weight excluding hydrogens is 316 g/mol. The van der Waals surface area contributed by atoms with Crippen LogP contribution >= 0.6 is 0 Å². The van der Waals surface area contributed by atoms with E-state index < -0.39 is 9.84 Å². The minimum atomic E-state index is -2.86. The zero-order chi connectivity index (χ0) is 16.4. The Morgan fingerprint density at radius 1 is 1.35 bits per heavy atom. The Labute approximate surface area is 137 Å². The van der Waals surface area contributed by atoms with Crippen molar-refractivity contribution >= 4 is 15.7 Å². The van der Waals surface area contributed by atoms with Gasteiger partial charge >= 0.3 is 0 Å². The number of nitrogens with one attached hydrogen (secondary N) is 1. The number of amides is 1. The second kappa shape index (κ2) is 6.60. The van der Waals surface area contributed by atoms with E-state index in [1.807, 2.05) is 11.0 Å². The van der Waals surface area contributed by atoms with Crippen LogP contribution in [0.1, 0.15) is 35.9 Å². The Morgan fingerprint density at radius 3 is 2.70 bits per heavy atom. The van der Waals surface area contributed by atoms with Crippen LogP contribution in [0.3, 0.4) is 0 Å². The van der Waals surface area contributed by atoms with Crippen LogP contribution in [-0.2, 0) is 16.3 Å². The highest BCUT2D eigenvalue weighted by molar-refractivity contribution is 7.91. The van der Waals surface area contributed by atoms with Gasteiger partial charge < -0.3 is 4.90 Å². The second-order valence-electron chi connectivity index (χ2n) is 6.41. The summed E-state index contributed by atoms with van der Waals surface area (Å²) < 4.78 is 23.2. The number of hydrogen-bond acceptors (Lipinski definition) is 5. The maximum Gasteiger partial charge on any atom is 0.274 e. The van der Waals surface area contributed by atoms with Crippen molar-refractivity contribution in [2.75, 3.05) is 37.7 Å². The van der Waals surface area contributed by atoms with Crippen LogP contribution in [0.15, 0.2) is 6.07 Å². The quantitative estimate of drug-likeness (QED) is 0.852. The maximum absolute atomic E-state index is 12.5. The molecule has 0 aromatic carbocycles. The molecule has 0 bridgehead atoms. The zero-order valence-electron chi connectivity index (χ0n) is 13.5. The van der Waals surface area contributed by atoms with E-state index >= 15 is 0 Å². The van der Waals surface area contributed by atoms with Gasteiger partial charge in [0, 0.05) is 37.9 Å². The van der Waals surface area contributed by atoms with E-state index in [0.717, 1.165) is 38.0 Å². The van der Waals surface area contributed by atoms with Gasteiger partial charge in [0.1, 0.15) is 5.69 Å². The molecule has 1 atom stereocenters. The summed E-state index contributed by atoms with van der Waals surface area (Å²) in [5, 5.41) is 7.03. The van der Waals surface area contributed by atoms with Crippen LogP contribution < -0.4 is 0 Å². The third-order valence-corrected chi connectivity index (χ3v) is 6.45. The molecule has 0 saturated carbocycles. The first kappa shape index (κ1) is 16.4. The zero-order valence-corrected chi connectivity index (χ0v) is 14.3. The van der Waals surface area contributed by atoms with Crippen LogP contribution in [-0.4, -0.2) is 78.0 Å². The predicted octanol–water partition coefficient (Wildman–Crippen LogP) is 0.307. The van der Waals surface area contributed by atoms with Gasteiger partial charge in [-0.25, -0.2) is 8.42 Å². The molecule has 1 aromatic heterocycles. The van der Waals surface area contributed by atoms with Crippen molar-refractivity contribution in [3.63, 3.8) is 0 Å². The Bertz CT molecular complexity index is 662. The van der Waals surface area contributed by atoms with Crippen molar-refractivity contribution in [1.82, 2.24) is 20.0 Å². The third kappa shape index (κ3) is 3.74. The van der Waals surface area contributed by atoms with Crippen molar-refractivity contribution in [2.45, 2.75) is 32.2 Å². The first-order chi connectivity index (χ1) is 11.0. The summed E-state index contributed by atoms with van der Waals surface area (Å²) in [6.07, 6.45) is 2.62. The Balaban J connectivity index is 1.55. The lowest BCUT2D eigenvalue weighted by Crippen LogP contribution is -2.52. The summed E-state index contributed by atoms with van der Waals surface area (Å²) in [5.74, 6) is 0.521. The minimum Gasteiger partial charge on any atom is -0.335 e. The number of aromatic nitrogens is 2. The van der Waals surface area contributed by atoms with Gasteiger partial charge in [-0.1, -0.05) is 13.3 Å². The first-order valence-corrected chi connectivity index (χ1v) is 10.1. The second-order valence-corrected chi connectivity index (χ2v) is 8.64. The van der Waals surface area contributed by atoms with Crippen molar-refractivity contribution in [2.24, 2.45) is 0 Å². The van der Waals surface area contributed by atoms with E-state index in [-0.39, 0.29) is 17.7 Å². The Kier molecular flexibility index (Phi) is 4.72. The molecule has 3 heterocycles. The van der Waals surface area contributed by atoms with E-state index in [1.165, 1.54) is 0 Å². The number of aryl methyl sites for hydroxylation is 1. The van der Waals surface area contributed by atoms with Crippen LogP contribution in [0, 0.1) is 0 Å².